The summed E-state index contributed by atoms with van der Waals surface area (Å²) in [7, 11) is 0. The molecular formula is C20H22N2O2S. The predicted octanol–water partition coefficient (Wildman–Crippen LogP) is 4.58. The summed E-state index contributed by atoms with van der Waals surface area (Å²) >= 11 is 1.76. The maximum atomic E-state index is 6.62. The van der Waals surface area contributed by atoms with Gasteiger partial charge in [-0.1, -0.05) is 24.3 Å². The normalized spacial score (nSPS) is 29.8. The van der Waals surface area contributed by atoms with Gasteiger partial charge in [0.1, 0.15) is 5.75 Å². The van der Waals surface area contributed by atoms with Crippen molar-refractivity contribution >= 4 is 17.0 Å². The van der Waals surface area contributed by atoms with Crippen molar-refractivity contribution in [2.24, 2.45) is 5.10 Å². The van der Waals surface area contributed by atoms with Crippen LogP contribution in [0.5, 0.6) is 5.75 Å². The van der Waals surface area contributed by atoms with Crippen LogP contribution in [-0.2, 0) is 4.74 Å². The fourth-order valence-electron chi connectivity index (χ4n) is 4.39. The molecule has 1 saturated heterocycles. The van der Waals surface area contributed by atoms with Crippen molar-refractivity contribution in [3.05, 3.63) is 52.2 Å². The van der Waals surface area contributed by atoms with Gasteiger partial charge in [-0.05, 0) is 31.4 Å². The number of hydrogen-bond donors (Lipinski definition) is 0. The van der Waals surface area contributed by atoms with Crippen LogP contribution in [0, 0.1) is 0 Å². The minimum atomic E-state index is -0.417. The van der Waals surface area contributed by atoms with Crippen LogP contribution in [-0.4, -0.2) is 28.7 Å². The predicted molar refractivity (Wildman–Crippen MR) is 99.1 cm³/mol. The van der Waals surface area contributed by atoms with Gasteiger partial charge in [0.05, 0.1) is 28.8 Å². The van der Waals surface area contributed by atoms with Crippen LogP contribution in [0.25, 0.3) is 0 Å². The molecule has 1 fully saturated rings. The van der Waals surface area contributed by atoms with Crippen LogP contribution in [0.1, 0.15) is 49.6 Å². The van der Waals surface area contributed by atoms with E-state index in [0.29, 0.717) is 6.61 Å². The van der Waals surface area contributed by atoms with Crippen molar-refractivity contribution < 1.29 is 9.47 Å². The van der Waals surface area contributed by atoms with Gasteiger partial charge in [0.2, 0.25) is 5.72 Å². The number of rotatable bonds is 1. The molecule has 25 heavy (non-hydrogen) atoms. The molecule has 4 nitrogen and oxygen atoms in total. The average Bonchev–Trinajstić information content (AvgIpc) is 3.24. The van der Waals surface area contributed by atoms with Crippen molar-refractivity contribution in [3.8, 4) is 5.75 Å². The maximum absolute atomic E-state index is 6.62. The topological polar surface area (TPSA) is 34.1 Å². The van der Waals surface area contributed by atoms with Crippen molar-refractivity contribution in [1.82, 2.24) is 5.01 Å². The molecule has 0 bridgehead atoms. The largest absolute Gasteiger partial charge is 0.466 e. The Morgan fingerprint density at radius 2 is 2.08 bits per heavy atom. The van der Waals surface area contributed by atoms with E-state index in [9.17, 15) is 0 Å². The lowest BCUT2D eigenvalue weighted by molar-refractivity contribution is -0.212. The van der Waals surface area contributed by atoms with Gasteiger partial charge in [-0.25, -0.2) is 5.01 Å². The summed E-state index contributed by atoms with van der Waals surface area (Å²) in [5.74, 6) is 1.00. The summed E-state index contributed by atoms with van der Waals surface area (Å²) < 4.78 is 12.6. The molecule has 3 aliphatic heterocycles. The van der Waals surface area contributed by atoms with Crippen LogP contribution < -0.4 is 4.74 Å². The van der Waals surface area contributed by atoms with E-state index >= 15 is 0 Å². The molecule has 1 aromatic heterocycles. The number of ether oxygens (including phenoxy) is 2. The Kier molecular flexibility index (Phi) is 3.28. The molecule has 5 rings (SSSR count). The quantitative estimate of drug-likeness (QED) is 0.752. The highest BCUT2D eigenvalue weighted by Crippen LogP contribution is 2.51. The Morgan fingerprint density at radius 3 is 2.88 bits per heavy atom. The molecule has 0 amide bonds. The lowest BCUT2D eigenvalue weighted by Gasteiger charge is -2.52. The van der Waals surface area contributed by atoms with Crippen LogP contribution in [0.2, 0.25) is 0 Å². The summed E-state index contributed by atoms with van der Waals surface area (Å²) in [6.07, 6.45) is 2.58. The minimum Gasteiger partial charge on any atom is -0.466 e. The van der Waals surface area contributed by atoms with E-state index < -0.39 is 5.72 Å². The van der Waals surface area contributed by atoms with E-state index in [1.807, 2.05) is 0 Å². The monoisotopic (exact) mass is 354 g/mol. The van der Waals surface area contributed by atoms with E-state index in [-0.39, 0.29) is 11.6 Å². The number of hydrogen-bond acceptors (Lipinski definition) is 5. The Bertz CT molecular complexity index is 830. The van der Waals surface area contributed by atoms with Gasteiger partial charge in [-0.15, -0.1) is 11.3 Å². The van der Waals surface area contributed by atoms with Crippen LogP contribution in [0.15, 0.2) is 46.9 Å². The zero-order valence-corrected chi connectivity index (χ0v) is 15.4. The maximum Gasteiger partial charge on any atom is 0.203 e. The summed E-state index contributed by atoms with van der Waals surface area (Å²) in [5.41, 5.74) is 1.78. The van der Waals surface area contributed by atoms with Crippen molar-refractivity contribution in [1.29, 1.82) is 0 Å². The second kappa shape index (κ2) is 5.32. The fraction of sp³-hybridized carbons (Fsp3) is 0.450. The molecule has 1 spiro atoms. The average molecular weight is 354 g/mol. The van der Waals surface area contributed by atoms with E-state index in [1.165, 1.54) is 16.2 Å². The highest BCUT2D eigenvalue weighted by Gasteiger charge is 2.54. The molecule has 0 N–H and O–H groups in total. The molecule has 0 aliphatic carbocycles. The van der Waals surface area contributed by atoms with Crippen molar-refractivity contribution in [3.63, 3.8) is 0 Å². The Morgan fingerprint density at radius 1 is 1.20 bits per heavy atom. The molecule has 4 heterocycles. The van der Waals surface area contributed by atoms with E-state index in [4.69, 9.17) is 14.6 Å². The molecule has 0 radical (unpaired) electrons. The fourth-order valence-corrected chi connectivity index (χ4v) is 5.12. The Labute approximate surface area is 152 Å². The first-order valence-corrected chi connectivity index (χ1v) is 9.77. The summed E-state index contributed by atoms with van der Waals surface area (Å²) in [4.78, 5) is 1.26. The number of benzene rings is 1. The lowest BCUT2D eigenvalue weighted by Crippen LogP contribution is -2.60. The minimum absolute atomic E-state index is 0.212. The summed E-state index contributed by atoms with van der Waals surface area (Å²) in [6.45, 7) is 4.99. The first kappa shape index (κ1) is 15.4. The van der Waals surface area contributed by atoms with Crippen LogP contribution in [0.4, 0.5) is 0 Å². The first-order chi connectivity index (χ1) is 12.1. The second-order valence-corrected chi connectivity index (χ2v) is 8.66. The number of thiophene rings is 1. The van der Waals surface area contributed by atoms with E-state index in [1.54, 1.807) is 11.3 Å². The SMILES string of the molecule is CC1(C)C[C@@]2(CCO1)Oc1ccccc1[C@@H]1CC(c3cccs3)=NN12. The third-order valence-corrected chi connectivity index (χ3v) is 6.32. The zero-order chi connectivity index (χ0) is 17.1. The van der Waals surface area contributed by atoms with E-state index in [2.05, 4.69) is 60.6 Å². The third-order valence-electron chi connectivity index (χ3n) is 5.40. The Hall–Kier alpha value is -1.85. The lowest BCUT2D eigenvalue weighted by atomic mass is 9.86. The number of nitrogens with zero attached hydrogens (tertiary/aromatic N) is 2. The highest BCUT2D eigenvalue weighted by atomic mass is 32.1. The molecule has 2 aromatic rings. The van der Waals surface area contributed by atoms with Crippen LogP contribution >= 0.6 is 11.3 Å². The van der Waals surface area contributed by atoms with E-state index in [0.717, 1.165) is 25.0 Å². The number of para-hydroxylation sites is 1. The number of fused-ring (bicyclic) bond motifs is 4. The molecular weight excluding hydrogens is 332 g/mol. The summed E-state index contributed by atoms with van der Waals surface area (Å²) in [5, 5.41) is 9.44. The van der Waals surface area contributed by atoms with Gasteiger partial charge in [0.25, 0.3) is 0 Å². The van der Waals surface area contributed by atoms with Crippen molar-refractivity contribution in [2.75, 3.05) is 6.61 Å². The smallest absolute Gasteiger partial charge is 0.203 e. The molecule has 3 aliphatic rings. The van der Waals surface area contributed by atoms with Crippen LogP contribution in [0.3, 0.4) is 0 Å². The van der Waals surface area contributed by atoms with Gasteiger partial charge >= 0.3 is 0 Å². The molecule has 0 saturated carbocycles. The standard InChI is InChI=1S/C20H22N2O2S/c1-19(2)13-20(9-10-23-19)22-16(14-6-3-4-7-17(14)24-20)12-15(21-22)18-8-5-11-25-18/h3-8,11,16H,9-10,12-13H2,1-2H3/t16-,20+/m0/s1. The van der Waals surface area contributed by atoms with Gasteiger partial charge < -0.3 is 9.47 Å². The molecule has 2 atom stereocenters. The second-order valence-electron chi connectivity index (χ2n) is 7.71. The zero-order valence-electron chi connectivity index (χ0n) is 14.6. The molecule has 0 unspecified atom stereocenters. The van der Waals surface area contributed by atoms with Gasteiger partial charge in [0, 0.05) is 24.8 Å². The Balaban J connectivity index is 1.62. The molecule has 130 valence electrons. The van der Waals surface area contributed by atoms with Gasteiger partial charge in [0.15, 0.2) is 0 Å². The van der Waals surface area contributed by atoms with Crippen molar-refractivity contribution in [2.45, 2.75) is 50.5 Å². The summed E-state index contributed by atoms with van der Waals surface area (Å²) in [6, 6.07) is 12.9. The number of hydrazone groups is 1. The molecule has 5 heteroatoms. The highest BCUT2D eigenvalue weighted by molar-refractivity contribution is 7.12. The first-order valence-electron chi connectivity index (χ1n) is 8.89. The van der Waals surface area contributed by atoms with Gasteiger partial charge in [-0.3, -0.25) is 0 Å². The third kappa shape index (κ3) is 2.41. The van der Waals surface area contributed by atoms with Gasteiger partial charge in [-0.2, -0.15) is 5.10 Å². The molecule has 1 aromatic carbocycles.